The summed E-state index contributed by atoms with van der Waals surface area (Å²) in [6.07, 6.45) is 2.70. The van der Waals surface area contributed by atoms with Crippen molar-refractivity contribution in [3.63, 3.8) is 0 Å². The fourth-order valence-corrected chi connectivity index (χ4v) is 5.06. The zero-order valence-electron chi connectivity index (χ0n) is 14.4. The topological polar surface area (TPSA) is 18.5 Å². The molecule has 0 unspecified atom stereocenters. The van der Waals surface area contributed by atoms with Crippen LogP contribution < -0.4 is 19.5 Å². The molecule has 0 saturated carbocycles. The molecule has 0 saturated heterocycles. The van der Waals surface area contributed by atoms with Crippen LogP contribution in [0.25, 0.3) is 0 Å². The molecule has 25 heavy (non-hydrogen) atoms. The van der Waals surface area contributed by atoms with E-state index in [2.05, 4.69) is 61.2 Å². The summed E-state index contributed by atoms with van der Waals surface area (Å²) in [4.78, 5) is 0. The van der Waals surface area contributed by atoms with Gasteiger partial charge in [-0.05, 0) is 34.5 Å². The van der Waals surface area contributed by atoms with Gasteiger partial charge in [0.15, 0.2) is 5.75 Å². The third kappa shape index (κ3) is 4.20. The Hall–Kier alpha value is -2.78. The third-order valence-corrected chi connectivity index (χ3v) is 6.53. The Kier molecular flexibility index (Phi) is 5.70. The van der Waals surface area contributed by atoms with Crippen LogP contribution in [0.3, 0.4) is 0 Å². The van der Waals surface area contributed by atoms with Crippen LogP contribution in [0.15, 0.2) is 91.5 Å². The maximum absolute atomic E-state index is 6.53. The van der Waals surface area contributed by atoms with E-state index in [1.165, 1.54) is 10.4 Å². The predicted molar refractivity (Wildman–Crippen MR) is 107 cm³/mol. The summed E-state index contributed by atoms with van der Waals surface area (Å²) in [7, 11) is -0.169. The molecule has 0 aliphatic rings. The number of benzene rings is 3. The van der Waals surface area contributed by atoms with Crippen LogP contribution in [0, 0.1) is 0 Å². The Bertz CT molecular complexity index is 776. The van der Waals surface area contributed by atoms with Crippen molar-refractivity contribution in [2.75, 3.05) is 7.11 Å². The minimum Gasteiger partial charge on any atom is -0.535 e. The first-order valence-corrected chi connectivity index (χ1v) is 9.99. The number of ether oxygens (including phenoxy) is 1. The van der Waals surface area contributed by atoms with Crippen molar-refractivity contribution in [3.05, 3.63) is 97.1 Å². The van der Waals surface area contributed by atoms with E-state index in [0.717, 1.165) is 23.5 Å². The second kappa shape index (κ2) is 8.35. The molecule has 0 aliphatic carbocycles. The maximum Gasteiger partial charge on any atom is 0.299 e. The van der Waals surface area contributed by atoms with Gasteiger partial charge in [-0.3, -0.25) is 0 Å². The molecule has 0 radical (unpaired) electrons. The van der Waals surface area contributed by atoms with Crippen LogP contribution in [-0.2, 0) is 6.42 Å². The summed E-state index contributed by atoms with van der Waals surface area (Å²) in [5, 5.41) is 2.48. The van der Waals surface area contributed by atoms with E-state index in [1.807, 2.05) is 30.3 Å². The van der Waals surface area contributed by atoms with Gasteiger partial charge in [0.1, 0.15) is 5.75 Å². The van der Waals surface area contributed by atoms with Crippen LogP contribution >= 0.6 is 0 Å². The monoisotopic (exact) mass is 346 g/mol. The number of allylic oxidation sites excluding steroid dienone is 1. The molecule has 0 bridgehead atoms. The Labute approximate surface area is 151 Å². The van der Waals surface area contributed by atoms with Crippen molar-refractivity contribution in [2.24, 2.45) is 0 Å². The largest absolute Gasteiger partial charge is 0.535 e. The van der Waals surface area contributed by atoms with Crippen molar-refractivity contribution in [3.8, 4) is 11.5 Å². The van der Waals surface area contributed by atoms with Gasteiger partial charge in [0, 0.05) is 0 Å². The minimum absolute atomic E-state index is 0.767. The van der Waals surface area contributed by atoms with E-state index in [9.17, 15) is 0 Å². The molecule has 3 aromatic rings. The lowest BCUT2D eigenvalue weighted by Crippen LogP contribution is -2.47. The molecule has 0 spiro atoms. The van der Waals surface area contributed by atoms with Crippen molar-refractivity contribution in [2.45, 2.75) is 6.42 Å². The summed E-state index contributed by atoms with van der Waals surface area (Å²) < 4.78 is 12.1. The Morgan fingerprint density at radius 2 is 1.44 bits per heavy atom. The molecule has 0 aromatic heterocycles. The number of rotatable bonds is 7. The van der Waals surface area contributed by atoms with Crippen molar-refractivity contribution >= 4 is 19.4 Å². The quantitative estimate of drug-likeness (QED) is 0.482. The van der Waals surface area contributed by atoms with Crippen LogP contribution in [0.2, 0.25) is 0 Å². The van der Waals surface area contributed by atoms with E-state index in [0.29, 0.717) is 0 Å². The molecule has 0 atom stereocenters. The first kappa shape index (κ1) is 17.1. The van der Waals surface area contributed by atoms with E-state index in [4.69, 9.17) is 9.16 Å². The maximum atomic E-state index is 6.53. The lowest BCUT2D eigenvalue weighted by molar-refractivity contribution is 0.395. The second-order valence-electron chi connectivity index (χ2n) is 5.80. The molecule has 3 rings (SSSR count). The van der Waals surface area contributed by atoms with E-state index < -0.39 is 9.04 Å². The lowest BCUT2D eigenvalue weighted by Gasteiger charge is -2.20. The van der Waals surface area contributed by atoms with Gasteiger partial charge < -0.3 is 9.16 Å². The highest BCUT2D eigenvalue weighted by atomic mass is 28.3. The van der Waals surface area contributed by atoms with Gasteiger partial charge in [-0.1, -0.05) is 72.8 Å². The van der Waals surface area contributed by atoms with E-state index >= 15 is 0 Å². The SMILES string of the molecule is C=CCc1ccc(O[SiH](c2ccccc2)c2ccccc2)c(OC)c1. The van der Waals surface area contributed by atoms with E-state index in [-0.39, 0.29) is 0 Å². The molecule has 2 nitrogen and oxygen atoms in total. The lowest BCUT2D eigenvalue weighted by atomic mass is 10.1. The van der Waals surface area contributed by atoms with Crippen LogP contribution in [-0.4, -0.2) is 16.2 Å². The Balaban J connectivity index is 1.97. The smallest absolute Gasteiger partial charge is 0.299 e. The van der Waals surface area contributed by atoms with Crippen LogP contribution in [0.4, 0.5) is 0 Å². The molecule has 0 amide bonds. The summed E-state index contributed by atoms with van der Waals surface area (Å²) in [6, 6.07) is 27.0. The fourth-order valence-electron chi connectivity index (χ4n) is 2.81. The highest BCUT2D eigenvalue weighted by Gasteiger charge is 2.21. The highest BCUT2D eigenvalue weighted by Crippen LogP contribution is 2.28. The number of hydrogen-bond donors (Lipinski definition) is 0. The standard InChI is InChI=1S/C22H22O2Si/c1-3-10-18-15-16-21(22(17-18)23-2)24-25(19-11-6-4-7-12-19)20-13-8-5-9-14-20/h3-9,11-17,25H,1,10H2,2H3. The van der Waals surface area contributed by atoms with Gasteiger partial charge >= 0.3 is 0 Å². The zero-order chi connectivity index (χ0) is 17.5. The molecule has 0 heterocycles. The van der Waals surface area contributed by atoms with Gasteiger partial charge in [-0.2, -0.15) is 0 Å². The van der Waals surface area contributed by atoms with Crippen molar-refractivity contribution in [1.82, 2.24) is 0 Å². The Morgan fingerprint density at radius 3 is 1.96 bits per heavy atom. The van der Waals surface area contributed by atoms with Crippen LogP contribution in [0.1, 0.15) is 5.56 Å². The van der Waals surface area contributed by atoms with Gasteiger partial charge in [0.25, 0.3) is 9.04 Å². The van der Waals surface area contributed by atoms with Gasteiger partial charge in [0.2, 0.25) is 0 Å². The molecular weight excluding hydrogens is 324 g/mol. The number of hydrogen-bond acceptors (Lipinski definition) is 2. The third-order valence-electron chi connectivity index (χ3n) is 4.06. The molecule has 0 N–H and O–H groups in total. The summed E-state index contributed by atoms with van der Waals surface area (Å²) >= 11 is 0. The fraction of sp³-hybridized carbons (Fsp3) is 0.0909. The first-order chi connectivity index (χ1) is 12.3. The summed E-state index contributed by atoms with van der Waals surface area (Å²) in [6.45, 7) is 3.80. The summed E-state index contributed by atoms with van der Waals surface area (Å²) in [5.74, 6) is 1.56. The molecule has 0 aliphatic heterocycles. The minimum atomic E-state index is -1.85. The Morgan fingerprint density at radius 1 is 0.840 bits per heavy atom. The van der Waals surface area contributed by atoms with Crippen molar-refractivity contribution < 1.29 is 9.16 Å². The first-order valence-electron chi connectivity index (χ1n) is 8.36. The summed E-state index contributed by atoms with van der Waals surface area (Å²) in [5.41, 5.74) is 1.16. The molecule has 3 aromatic carbocycles. The van der Waals surface area contributed by atoms with Gasteiger partial charge in [0.05, 0.1) is 7.11 Å². The van der Waals surface area contributed by atoms with Gasteiger partial charge in [-0.25, -0.2) is 0 Å². The van der Waals surface area contributed by atoms with Crippen LogP contribution in [0.5, 0.6) is 11.5 Å². The molecular formula is C22H22O2Si. The number of methoxy groups -OCH3 is 1. The normalized spacial score (nSPS) is 10.5. The zero-order valence-corrected chi connectivity index (χ0v) is 15.5. The molecule has 126 valence electrons. The predicted octanol–water partition coefficient (Wildman–Crippen LogP) is 3.34. The highest BCUT2D eigenvalue weighted by molar-refractivity contribution is 6.80. The average molecular weight is 347 g/mol. The average Bonchev–Trinajstić information content (AvgIpc) is 2.68. The molecule has 0 fully saturated rings. The molecule has 3 heteroatoms. The van der Waals surface area contributed by atoms with E-state index in [1.54, 1.807) is 7.11 Å². The second-order valence-corrected chi connectivity index (χ2v) is 8.13. The van der Waals surface area contributed by atoms with Gasteiger partial charge in [-0.15, -0.1) is 6.58 Å². The van der Waals surface area contributed by atoms with Crippen molar-refractivity contribution in [1.29, 1.82) is 0 Å².